The number of halogens is 2. The average Bonchev–Trinajstić information content (AvgIpc) is 3.29. The maximum atomic E-state index is 12.3. The summed E-state index contributed by atoms with van der Waals surface area (Å²) in [4.78, 5) is 27.4. The fourth-order valence-electron chi connectivity index (χ4n) is 4.47. The molecule has 1 aromatic heterocycles. The highest BCUT2D eigenvalue weighted by atomic mass is 35.5. The van der Waals surface area contributed by atoms with Gasteiger partial charge in [-0.2, -0.15) is 0 Å². The Hall–Kier alpha value is -2.99. The van der Waals surface area contributed by atoms with Gasteiger partial charge in [0.25, 0.3) is 0 Å². The number of carbonyl (C=O) groups is 2. The van der Waals surface area contributed by atoms with Crippen LogP contribution in [0.15, 0.2) is 54.9 Å². The van der Waals surface area contributed by atoms with Crippen LogP contribution in [0.5, 0.6) is 0 Å². The van der Waals surface area contributed by atoms with E-state index in [-0.39, 0.29) is 36.3 Å². The fraction of sp³-hybridized carbons (Fsp3) is 0.393. The van der Waals surface area contributed by atoms with Crippen molar-refractivity contribution in [3.63, 3.8) is 0 Å². The molecular weight excluding hydrogens is 559 g/mol. The first-order valence-corrected chi connectivity index (χ1v) is 13.8. The Balaban J connectivity index is 1.39. The number of amides is 2. The van der Waals surface area contributed by atoms with Crippen LogP contribution in [0, 0.1) is 0 Å². The summed E-state index contributed by atoms with van der Waals surface area (Å²) in [6.45, 7) is 0.398. The van der Waals surface area contributed by atoms with Gasteiger partial charge in [0, 0.05) is 30.5 Å². The summed E-state index contributed by atoms with van der Waals surface area (Å²) in [5, 5.41) is 21.4. The number of hydroxylamine groups is 1. The van der Waals surface area contributed by atoms with Gasteiger partial charge in [-0.25, -0.2) is 10.5 Å². The molecule has 1 fully saturated rings. The number of benzene rings is 2. The van der Waals surface area contributed by atoms with E-state index in [1.807, 2.05) is 36.4 Å². The quantitative estimate of drug-likeness (QED) is 0.127. The molecule has 214 valence electrons. The SMILES string of the molecule is O=C(CCCCCC(=O)Nc1ccc([C@@H]2O[C@H](Cn3cnc(Cl)c3Cl)C[C@H](c3ccc(CO)cc3)O2)cc1)NO. The van der Waals surface area contributed by atoms with Gasteiger partial charge in [0.1, 0.15) is 5.15 Å². The molecule has 0 bridgehead atoms. The van der Waals surface area contributed by atoms with Crippen molar-refractivity contribution in [3.05, 3.63) is 81.9 Å². The van der Waals surface area contributed by atoms with E-state index in [0.717, 1.165) is 16.7 Å². The second-order valence-corrected chi connectivity index (χ2v) is 10.3. The minimum atomic E-state index is -0.667. The second kappa shape index (κ2) is 14.6. The van der Waals surface area contributed by atoms with Gasteiger partial charge >= 0.3 is 0 Å². The van der Waals surface area contributed by atoms with Crippen molar-refractivity contribution < 1.29 is 29.4 Å². The molecule has 3 aromatic rings. The first kappa shape index (κ1) is 30.0. The molecule has 0 unspecified atom stereocenters. The average molecular weight is 591 g/mol. The summed E-state index contributed by atoms with van der Waals surface area (Å²) >= 11 is 12.3. The van der Waals surface area contributed by atoms with Crippen molar-refractivity contribution in [1.82, 2.24) is 15.0 Å². The lowest BCUT2D eigenvalue weighted by Gasteiger charge is -2.36. The molecule has 2 heterocycles. The highest BCUT2D eigenvalue weighted by Crippen LogP contribution is 2.39. The molecule has 4 N–H and O–H groups in total. The first-order chi connectivity index (χ1) is 19.4. The van der Waals surface area contributed by atoms with E-state index in [2.05, 4.69) is 10.3 Å². The molecular formula is C28H32Cl2N4O6. The molecule has 1 aliphatic heterocycles. The zero-order chi connectivity index (χ0) is 28.5. The molecule has 0 aliphatic carbocycles. The van der Waals surface area contributed by atoms with E-state index in [9.17, 15) is 14.7 Å². The minimum Gasteiger partial charge on any atom is -0.392 e. The largest absolute Gasteiger partial charge is 0.392 e. The molecule has 2 aromatic carbocycles. The third-order valence-corrected chi connectivity index (χ3v) is 7.42. The summed E-state index contributed by atoms with van der Waals surface area (Å²) in [5.41, 5.74) is 4.82. The van der Waals surface area contributed by atoms with Gasteiger partial charge in [0.05, 0.1) is 31.7 Å². The van der Waals surface area contributed by atoms with Crippen molar-refractivity contribution in [2.24, 2.45) is 0 Å². The highest BCUT2D eigenvalue weighted by molar-refractivity contribution is 6.40. The van der Waals surface area contributed by atoms with Crippen molar-refractivity contribution in [3.8, 4) is 0 Å². The maximum Gasteiger partial charge on any atom is 0.243 e. The van der Waals surface area contributed by atoms with Crippen molar-refractivity contribution in [2.75, 3.05) is 5.32 Å². The smallest absolute Gasteiger partial charge is 0.243 e. The van der Waals surface area contributed by atoms with Crippen LogP contribution in [0.3, 0.4) is 0 Å². The summed E-state index contributed by atoms with van der Waals surface area (Å²) in [5.74, 6) is -0.547. The van der Waals surface area contributed by atoms with Crippen molar-refractivity contribution in [1.29, 1.82) is 0 Å². The zero-order valence-corrected chi connectivity index (χ0v) is 23.3. The Kier molecular flexibility index (Phi) is 10.9. The number of unbranched alkanes of at least 4 members (excludes halogenated alkanes) is 2. The number of hydrogen-bond donors (Lipinski definition) is 4. The minimum absolute atomic E-state index is 0.0354. The van der Waals surface area contributed by atoms with Crippen LogP contribution in [0.4, 0.5) is 5.69 Å². The van der Waals surface area contributed by atoms with Crippen molar-refractivity contribution in [2.45, 2.75) is 70.2 Å². The number of aromatic nitrogens is 2. The maximum absolute atomic E-state index is 12.3. The number of aliphatic hydroxyl groups is 1. The van der Waals surface area contributed by atoms with Gasteiger partial charge < -0.3 is 24.5 Å². The van der Waals surface area contributed by atoms with E-state index < -0.39 is 12.2 Å². The number of nitrogens with one attached hydrogen (secondary N) is 2. The van der Waals surface area contributed by atoms with Gasteiger partial charge in [0.15, 0.2) is 11.4 Å². The molecule has 12 heteroatoms. The molecule has 0 spiro atoms. The molecule has 4 rings (SSSR count). The number of ether oxygens (including phenoxy) is 2. The predicted octanol–water partition coefficient (Wildman–Crippen LogP) is 5.32. The number of nitrogens with zero attached hydrogens (tertiary/aromatic N) is 2. The third-order valence-electron chi connectivity index (χ3n) is 6.65. The Bertz CT molecular complexity index is 1270. The van der Waals surface area contributed by atoms with Crippen molar-refractivity contribution >= 4 is 40.7 Å². The lowest BCUT2D eigenvalue weighted by atomic mass is 10.00. The van der Waals surface area contributed by atoms with Gasteiger partial charge in [-0.1, -0.05) is 66.0 Å². The Morgan fingerprint density at radius 1 is 0.950 bits per heavy atom. The Morgan fingerprint density at radius 3 is 2.25 bits per heavy atom. The standard InChI is InChI=1S/C28H32Cl2N4O6/c29-26-27(30)34(17-31-26)15-22-14-23(19-8-6-18(16-35)7-9-19)40-28(39-22)20-10-12-21(13-11-20)32-24(36)4-2-1-3-5-25(37)33-38/h6-13,17,22-23,28,35,38H,1-5,14-16H2,(H,32,36)(H,33,37)/t22-,23+,28+/m0/s1. The molecule has 0 saturated carbocycles. The molecule has 40 heavy (non-hydrogen) atoms. The van der Waals surface area contributed by atoms with E-state index in [1.54, 1.807) is 28.5 Å². The van der Waals surface area contributed by atoms with Crippen LogP contribution in [-0.4, -0.2) is 37.8 Å². The van der Waals surface area contributed by atoms with Crippen LogP contribution >= 0.6 is 23.2 Å². The number of carbonyl (C=O) groups excluding carboxylic acids is 2. The van der Waals surface area contributed by atoms with Gasteiger partial charge in [-0.15, -0.1) is 0 Å². The van der Waals surface area contributed by atoms with Crippen LogP contribution < -0.4 is 10.8 Å². The number of anilines is 1. The van der Waals surface area contributed by atoms with E-state index >= 15 is 0 Å². The number of hydrogen-bond acceptors (Lipinski definition) is 7. The Morgan fingerprint density at radius 2 is 1.62 bits per heavy atom. The summed E-state index contributed by atoms with van der Waals surface area (Å²) in [6, 6.07) is 14.9. The second-order valence-electron chi connectivity index (χ2n) is 9.59. The van der Waals surface area contributed by atoms with Crippen LogP contribution in [0.2, 0.25) is 10.3 Å². The fourth-order valence-corrected chi connectivity index (χ4v) is 4.79. The molecule has 1 aliphatic rings. The summed E-state index contributed by atoms with van der Waals surface area (Å²) < 4.78 is 14.4. The van der Waals surface area contributed by atoms with Gasteiger partial charge in [0.2, 0.25) is 11.8 Å². The lowest BCUT2D eigenvalue weighted by molar-refractivity contribution is -0.252. The highest BCUT2D eigenvalue weighted by Gasteiger charge is 2.33. The van der Waals surface area contributed by atoms with Crippen LogP contribution in [0.25, 0.3) is 0 Å². The first-order valence-electron chi connectivity index (χ1n) is 13.1. The molecule has 10 nitrogen and oxygen atoms in total. The molecule has 1 saturated heterocycles. The summed E-state index contributed by atoms with van der Waals surface area (Å²) in [7, 11) is 0. The van der Waals surface area contributed by atoms with Crippen LogP contribution in [0.1, 0.15) is 67.6 Å². The van der Waals surface area contributed by atoms with E-state index in [0.29, 0.717) is 49.5 Å². The Labute approximate surface area is 242 Å². The van der Waals surface area contributed by atoms with Gasteiger partial charge in [-0.05, 0) is 36.1 Å². The molecule has 0 radical (unpaired) electrons. The number of aliphatic hydroxyl groups excluding tert-OH is 1. The monoisotopic (exact) mass is 590 g/mol. The van der Waals surface area contributed by atoms with E-state index in [4.69, 9.17) is 37.9 Å². The van der Waals surface area contributed by atoms with E-state index in [1.165, 1.54) is 0 Å². The van der Waals surface area contributed by atoms with Crippen LogP contribution in [-0.2, 0) is 32.2 Å². The normalized spacial score (nSPS) is 18.9. The topological polar surface area (TPSA) is 135 Å². The van der Waals surface area contributed by atoms with Gasteiger partial charge in [-0.3, -0.25) is 14.8 Å². The summed E-state index contributed by atoms with van der Waals surface area (Å²) in [6.07, 6.45) is 3.46. The number of rotatable bonds is 12. The number of imidazole rings is 1. The lowest BCUT2D eigenvalue weighted by Crippen LogP contribution is -2.32. The molecule has 2 amide bonds. The predicted molar refractivity (Wildman–Crippen MR) is 149 cm³/mol. The zero-order valence-electron chi connectivity index (χ0n) is 21.8. The molecule has 3 atom stereocenters. The third kappa shape index (κ3) is 8.26.